The Morgan fingerprint density at radius 1 is 1.35 bits per heavy atom. The van der Waals surface area contributed by atoms with Crippen molar-refractivity contribution in [3.05, 3.63) is 12.7 Å². The smallest absolute Gasteiger partial charge is 0.387 e. The van der Waals surface area contributed by atoms with Gasteiger partial charge >= 0.3 is 7.82 Å². The number of hydrogen-bond donors (Lipinski definition) is 4. The molecule has 0 radical (unpaired) electrons. The van der Waals surface area contributed by atoms with Crippen LogP contribution in [0.25, 0.3) is 11.2 Å². The molecule has 5 N–H and O–H groups in total. The molecule has 5 atom stereocenters. The number of anilines is 1. The van der Waals surface area contributed by atoms with Gasteiger partial charge in [-0.15, -0.1) is 0 Å². The minimum absolute atomic E-state index is 0.156. The predicted molar refractivity (Wildman–Crippen MR) is 86.2 cm³/mol. The van der Waals surface area contributed by atoms with Gasteiger partial charge in [0.05, 0.1) is 12.9 Å². The van der Waals surface area contributed by atoms with Crippen LogP contribution in [0.5, 0.6) is 0 Å². The summed E-state index contributed by atoms with van der Waals surface area (Å²) in [6, 6.07) is 0. The van der Waals surface area contributed by atoms with Crippen LogP contribution < -0.4 is 5.73 Å². The standard InChI is InChI=1S/C12H19N6O7P/c1-17(2)25-26(21,22)23-3-6-8(19)9(20)12(24-6)18-5-16-7-10(13)14-4-15-11(7)18/h4-6,8-9,12,19-20H,3H2,1-2H3,(H,21,22)(H2,13,14,15). The molecule has 0 spiro atoms. The van der Waals surface area contributed by atoms with Crippen LogP contribution in [0.4, 0.5) is 5.82 Å². The highest BCUT2D eigenvalue weighted by molar-refractivity contribution is 7.47. The molecule has 3 rings (SSSR count). The van der Waals surface area contributed by atoms with E-state index >= 15 is 0 Å². The summed E-state index contributed by atoms with van der Waals surface area (Å²) in [5.41, 5.74) is 6.34. The number of phosphoric ester groups is 1. The summed E-state index contributed by atoms with van der Waals surface area (Å²) < 4.78 is 28.1. The first-order valence-electron chi connectivity index (χ1n) is 7.48. The maximum absolute atomic E-state index is 11.7. The molecular formula is C12H19N6O7P. The summed E-state index contributed by atoms with van der Waals surface area (Å²) in [5, 5.41) is 21.4. The molecule has 1 saturated heterocycles. The molecule has 0 bridgehead atoms. The van der Waals surface area contributed by atoms with Gasteiger partial charge in [0.15, 0.2) is 17.7 Å². The third kappa shape index (κ3) is 3.70. The maximum atomic E-state index is 11.7. The summed E-state index contributed by atoms with van der Waals surface area (Å²) in [4.78, 5) is 21.5. The monoisotopic (exact) mass is 390 g/mol. The Bertz CT molecular complexity index is 832. The molecule has 1 aliphatic heterocycles. The van der Waals surface area contributed by atoms with E-state index < -0.39 is 39.0 Å². The summed E-state index contributed by atoms with van der Waals surface area (Å²) in [6.45, 7) is -0.486. The minimum Gasteiger partial charge on any atom is -0.387 e. The number of aromatic nitrogens is 4. The Labute approximate surface area is 147 Å². The van der Waals surface area contributed by atoms with Crippen LogP contribution in [0.3, 0.4) is 0 Å². The second-order valence-corrected chi connectivity index (χ2v) is 7.15. The van der Waals surface area contributed by atoms with E-state index in [-0.39, 0.29) is 5.82 Å². The van der Waals surface area contributed by atoms with Crippen molar-refractivity contribution >= 4 is 24.8 Å². The second-order valence-electron chi connectivity index (χ2n) is 5.79. The molecule has 13 nitrogen and oxygen atoms in total. The van der Waals surface area contributed by atoms with Gasteiger partial charge in [0.2, 0.25) is 0 Å². The van der Waals surface area contributed by atoms with Crippen molar-refractivity contribution in [1.29, 1.82) is 0 Å². The van der Waals surface area contributed by atoms with E-state index in [1.165, 1.54) is 31.3 Å². The van der Waals surface area contributed by atoms with Crippen molar-refractivity contribution in [1.82, 2.24) is 24.6 Å². The van der Waals surface area contributed by atoms with Gasteiger partial charge in [-0.3, -0.25) is 9.09 Å². The third-order valence-corrected chi connectivity index (χ3v) is 4.68. The molecule has 14 heteroatoms. The van der Waals surface area contributed by atoms with Crippen LogP contribution in [-0.4, -0.2) is 78.7 Å². The molecule has 0 amide bonds. The first kappa shape index (κ1) is 19.1. The van der Waals surface area contributed by atoms with Gasteiger partial charge in [-0.25, -0.2) is 19.5 Å². The molecule has 1 aliphatic rings. The lowest BCUT2D eigenvalue weighted by molar-refractivity contribution is -0.0708. The fourth-order valence-electron chi connectivity index (χ4n) is 2.55. The zero-order chi connectivity index (χ0) is 19.1. The number of hydrogen-bond acceptors (Lipinski definition) is 11. The number of nitrogens with two attached hydrogens (primary N) is 1. The highest BCUT2D eigenvalue weighted by atomic mass is 31.2. The van der Waals surface area contributed by atoms with E-state index in [0.29, 0.717) is 11.2 Å². The average Bonchev–Trinajstić information content (AvgIpc) is 3.08. The number of nitrogens with zero attached hydrogens (tertiary/aromatic N) is 5. The molecule has 2 aromatic rings. The molecule has 26 heavy (non-hydrogen) atoms. The van der Waals surface area contributed by atoms with E-state index in [4.69, 9.17) is 15.0 Å². The number of ether oxygens (including phenoxy) is 1. The molecule has 2 aromatic heterocycles. The summed E-state index contributed by atoms with van der Waals surface area (Å²) in [6.07, 6.45) is -2.30. The fraction of sp³-hybridized carbons (Fsp3) is 0.583. The van der Waals surface area contributed by atoms with Crippen LogP contribution in [0.15, 0.2) is 12.7 Å². The SMILES string of the molecule is CN(C)OP(=O)(O)OCC1OC(n2cnc3c(N)ncnc32)C(O)C1O. The second kappa shape index (κ2) is 7.13. The normalized spacial score (nSPS) is 28.7. The van der Waals surface area contributed by atoms with Crippen LogP contribution >= 0.6 is 7.82 Å². The molecule has 0 saturated carbocycles. The Balaban J connectivity index is 1.75. The number of nitrogen functional groups attached to an aromatic ring is 1. The number of fused-ring (bicyclic) bond motifs is 1. The minimum atomic E-state index is -4.38. The number of hydroxylamine groups is 2. The number of phosphoric acid groups is 1. The van der Waals surface area contributed by atoms with Gasteiger partial charge in [-0.05, 0) is 0 Å². The summed E-state index contributed by atoms with van der Waals surface area (Å²) in [5.74, 6) is 0.156. The van der Waals surface area contributed by atoms with Gasteiger partial charge < -0.3 is 25.6 Å². The maximum Gasteiger partial charge on any atom is 0.489 e. The number of imidazole rings is 1. The Morgan fingerprint density at radius 3 is 2.77 bits per heavy atom. The Kier molecular flexibility index (Phi) is 5.23. The molecular weight excluding hydrogens is 371 g/mol. The lowest BCUT2D eigenvalue weighted by Gasteiger charge is -2.19. The highest BCUT2D eigenvalue weighted by Gasteiger charge is 2.45. The fourth-order valence-corrected chi connectivity index (χ4v) is 3.35. The molecule has 5 unspecified atom stereocenters. The van der Waals surface area contributed by atoms with E-state index in [0.717, 1.165) is 5.06 Å². The summed E-state index contributed by atoms with van der Waals surface area (Å²) >= 11 is 0. The zero-order valence-corrected chi connectivity index (χ0v) is 14.8. The molecule has 0 aliphatic carbocycles. The van der Waals surface area contributed by atoms with Crippen molar-refractivity contribution in [2.45, 2.75) is 24.5 Å². The Morgan fingerprint density at radius 2 is 2.08 bits per heavy atom. The van der Waals surface area contributed by atoms with E-state index in [9.17, 15) is 19.7 Å². The lowest BCUT2D eigenvalue weighted by atomic mass is 10.1. The van der Waals surface area contributed by atoms with E-state index in [1.54, 1.807) is 0 Å². The first-order valence-corrected chi connectivity index (χ1v) is 8.98. The van der Waals surface area contributed by atoms with Gasteiger partial charge in [0, 0.05) is 14.1 Å². The van der Waals surface area contributed by atoms with Gasteiger partial charge in [0.25, 0.3) is 0 Å². The van der Waals surface area contributed by atoms with Crippen molar-refractivity contribution < 1.29 is 33.6 Å². The lowest BCUT2D eigenvalue weighted by Crippen LogP contribution is -2.33. The van der Waals surface area contributed by atoms with E-state index in [2.05, 4.69) is 19.6 Å². The summed E-state index contributed by atoms with van der Waals surface area (Å²) in [7, 11) is -1.56. The van der Waals surface area contributed by atoms with Crippen LogP contribution in [0.1, 0.15) is 6.23 Å². The average molecular weight is 390 g/mol. The third-order valence-electron chi connectivity index (χ3n) is 3.67. The van der Waals surface area contributed by atoms with Gasteiger partial charge in [-0.2, -0.15) is 9.69 Å². The highest BCUT2D eigenvalue weighted by Crippen LogP contribution is 2.44. The van der Waals surface area contributed by atoms with E-state index in [1.807, 2.05) is 0 Å². The van der Waals surface area contributed by atoms with Gasteiger partial charge in [-0.1, -0.05) is 0 Å². The van der Waals surface area contributed by atoms with Crippen molar-refractivity contribution in [3.63, 3.8) is 0 Å². The quantitative estimate of drug-likeness (QED) is 0.337. The van der Waals surface area contributed by atoms with Crippen LogP contribution in [0.2, 0.25) is 0 Å². The van der Waals surface area contributed by atoms with Crippen molar-refractivity contribution in [2.75, 3.05) is 26.4 Å². The largest absolute Gasteiger partial charge is 0.489 e. The molecule has 0 aromatic carbocycles. The molecule has 144 valence electrons. The van der Waals surface area contributed by atoms with Crippen molar-refractivity contribution in [2.24, 2.45) is 0 Å². The number of aliphatic hydroxyl groups excluding tert-OH is 2. The zero-order valence-electron chi connectivity index (χ0n) is 13.9. The number of aliphatic hydroxyl groups is 2. The topological polar surface area (TPSA) is 178 Å². The molecule has 1 fully saturated rings. The van der Waals surface area contributed by atoms with Crippen LogP contribution in [-0.2, 0) is 18.5 Å². The Hall–Kier alpha value is -1.70. The van der Waals surface area contributed by atoms with Crippen molar-refractivity contribution in [3.8, 4) is 0 Å². The predicted octanol–water partition coefficient (Wildman–Crippen LogP) is -1.36. The van der Waals surface area contributed by atoms with Gasteiger partial charge in [0.1, 0.15) is 30.2 Å². The first-order chi connectivity index (χ1) is 12.2. The number of rotatable bonds is 6. The van der Waals surface area contributed by atoms with Crippen LogP contribution in [0, 0.1) is 0 Å². The molecule has 3 heterocycles.